The van der Waals surface area contributed by atoms with Crippen molar-refractivity contribution in [1.82, 2.24) is 19.6 Å². The summed E-state index contributed by atoms with van der Waals surface area (Å²) in [6.07, 6.45) is 11.5. The zero-order valence-corrected chi connectivity index (χ0v) is 48.3. The fraction of sp³-hybridized carbons (Fsp3) is 0.478. The molecule has 11 unspecified atom stereocenters. The Balaban J connectivity index is 0.928. The first-order valence-electron chi connectivity index (χ1n) is 29.5. The summed E-state index contributed by atoms with van der Waals surface area (Å²) in [6, 6.07) is 40.7. The van der Waals surface area contributed by atoms with Crippen LogP contribution in [0.3, 0.4) is 0 Å². The molecule has 6 aliphatic rings. The van der Waals surface area contributed by atoms with Crippen LogP contribution in [0, 0.1) is 39.4 Å². The van der Waals surface area contributed by atoms with Crippen LogP contribution in [0.4, 0.5) is 0 Å². The summed E-state index contributed by atoms with van der Waals surface area (Å²) in [5, 5.41) is 0. The van der Waals surface area contributed by atoms with Crippen LogP contribution in [0.15, 0.2) is 146 Å². The summed E-state index contributed by atoms with van der Waals surface area (Å²) in [4.78, 5) is 117. The van der Waals surface area contributed by atoms with Crippen molar-refractivity contribution in [3.63, 3.8) is 0 Å². The summed E-state index contributed by atoms with van der Waals surface area (Å²) in [6.45, 7) is 15.0. The normalized spacial score (nSPS) is 28.9. The molecule has 4 fully saturated rings. The Hall–Kier alpha value is -7.08. The summed E-state index contributed by atoms with van der Waals surface area (Å²) in [7, 11) is 0. The molecular weight excluding hydrogens is 1010 g/mol. The molecule has 81 heavy (non-hydrogen) atoms. The minimum absolute atomic E-state index is 0.0352. The third-order valence-corrected chi connectivity index (χ3v) is 19.2. The van der Waals surface area contributed by atoms with E-state index in [1.54, 1.807) is 0 Å². The topological polar surface area (TPSA) is 150 Å². The molecule has 4 aromatic carbocycles. The van der Waals surface area contributed by atoms with Crippen LogP contribution in [0.25, 0.3) is 0 Å². The van der Waals surface area contributed by atoms with E-state index in [0.717, 1.165) is 35.1 Å². The van der Waals surface area contributed by atoms with Crippen LogP contribution in [0.5, 0.6) is 0 Å². The lowest BCUT2D eigenvalue weighted by molar-refractivity contribution is -0.148. The Morgan fingerprint density at radius 2 is 0.827 bits per heavy atom. The molecule has 2 saturated heterocycles. The number of rotatable bonds is 19. The van der Waals surface area contributed by atoms with Crippen molar-refractivity contribution in [3.05, 3.63) is 168 Å². The minimum Gasteiger partial charge on any atom is -0.282 e. The number of imide groups is 4. The molecule has 424 valence electrons. The molecule has 0 spiro atoms. The first kappa shape index (κ1) is 57.2. The first-order chi connectivity index (χ1) is 38.5. The number of carbonyl (C=O) groups is 8. The minimum atomic E-state index is -0.620. The quantitative estimate of drug-likeness (QED) is 0.0843. The van der Waals surface area contributed by atoms with E-state index in [9.17, 15) is 28.8 Å². The fourth-order valence-electron chi connectivity index (χ4n) is 16.5. The van der Waals surface area contributed by atoms with Crippen molar-refractivity contribution in [2.45, 2.75) is 155 Å². The standard InChI is InChI=1S/C69H80N4O8/c1-45-55(64(80)71(63(45)79)44-69(7)40-54(38-67(4,5)42-69)73-60(76)30-31-61(73)77)34-51(47-22-14-9-15-23-47)32-50(46-20-12-8-13-21-46)33-52(48-24-16-10-17-25-48)35-56(49-26-18-11-19-27-49)57-36-62(78)70(65(57)81)43-68(6)39-53(37-66(2,3)41-68)72-58(74)28-29-59(72)75/h8-31,45,50-57H,32-44H2,1-7H3. The lowest BCUT2D eigenvalue weighted by Gasteiger charge is -2.49. The number of benzene rings is 4. The highest BCUT2D eigenvalue weighted by atomic mass is 16.2. The third-order valence-electron chi connectivity index (χ3n) is 19.2. The summed E-state index contributed by atoms with van der Waals surface area (Å²) in [5.41, 5.74) is 2.79. The molecule has 4 aliphatic heterocycles. The van der Waals surface area contributed by atoms with Crippen molar-refractivity contribution in [2.75, 3.05) is 13.1 Å². The number of hydrogen-bond acceptors (Lipinski definition) is 8. The molecule has 12 nitrogen and oxygen atoms in total. The van der Waals surface area contributed by atoms with Gasteiger partial charge in [0.25, 0.3) is 23.6 Å². The third kappa shape index (κ3) is 12.3. The van der Waals surface area contributed by atoms with Gasteiger partial charge in [0.2, 0.25) is 23.6 Å². The molecule has 0 bridgehead atoms. The monoisotopic (exact) mass is 1090 g/mol. The molecule has 0 aromatic heterocycles. The largest absolute Gasteiger partial charge is 0.282 e. The van der Waals surface area contributed by atoms with Crippen molar-refractivity contribution in [3.8, 4) is 0 Å². The van der Waals surface area contributed by atoms with Gasteiger partial charge in [0, 0.05) is 61.8 Å². The first-order valence-corrected chi connectivity index (χ1v) is 29.5. The van der Waals surface area contributed by atoms with E-state index in [1.807, 2.05) is 55.5 Å². The number of nitrogens with zero attached hydrogens (tertiary/aromatic N) is 4. The molecule has 2 aliphatic carbocycles. The van der Waals surface area contributed by atoms with Gasteiger partial charge >= 0.3 is 0 Å². The van der Waals surface area contributed by atoms with Gasteiger partial charge in [0.05, 0.1) is 11.8 Å². The van der Waals surface area contributed by atoms with Gasteiger partial charge in [-0.1, -0.05) is 170 Å². The summed E-state index contributed by atoms with van der Waals surface area (Å²) >= 11 is 0. The Bertz CT molecular complexity index is 3080. The summed E-state index contributed by atoms with van der Waals surface area (Å²) < 4.78 is 0. The highest BCUT2D eigenvalue weighted by Gasteiger charge is 2.54. The van der Waals surface area contributed by atoms with E-state index in [4.69, 9.17) is 0 Å². The molecule has 4 aromatic rings. The van der Waals surface area contributed by atoms with Gasteiger partial charge in [-0.05, 0) is 132 Å². The Morgan fingerprint density at radius 1 is 0.444 bits per heavy atom. The molecule has 8 amide bonds. The van der Waals surface area contributed by atoms with Crippen LogP contribution in [-0.4, -0.2) is 92.0 Å². The molecular formula is C69H80N4O8. The average Bonchev–Trinajstić information content (AvgIpc) is 4.10. The van der Waals surface area contributed by atoms with Crippen molar-refractivity contribution in [2.24, 2.45) is 39.4 Å². The number of amides is 8. The molecule has 2 saturated carbocycles. The van der Waals surface area contributed by atoms with Crippen molar-refractivity contribution < 1.29 is 38.4 Å². The van der Waals surface area contributed by atoms with E-state index < -0.39 is 28.6 Å². The van der Waals surface area contributed by atoms with E-state index in [2.05, 4.69) is 114 Å². The van der Waals surface area contributed by atoms with Gasteiger partial charge in [-0.25, -0.2) is 0 Å². The smallest absolute Gasteiger partial charge is 0.253 e. The zero-order chi connectivity index (χ0) is 57.6. The molecule has 0 radical (unpaired) electrons. The highest BCUT2D eigenvalue weighted by molar-refractivity contribution is 6.14. The maximum Gasteiger partial charge on any atom is 0.253 e. The molecule has 0 N–H and O–H groups in total. The van der Waals surface area contributed by atoms with Crippen LogP contribution in [-0.2, 0) is 38.4 Å². The molecule has 11 atom stereocenters. The molecule has 4 heterocycles. The molecule has 12 heteroatoms. The van der Waals surface area contributed by atoms with Crippen molar-refractivity contribution >= 4 is 47.3 Å². The summed E-state index contributed by atoms with van der Waals surface area (Å²) in [5.74, 6) is -4.32. The van der Waals surface area contributed by atoms with E-state index in [1.165, 1.54) is 43.9 Å². The van der Waals surface area contributed by atoms with Crippen LogP contribution in [0.1, 0.15) is 165 Å². The van der Waals surface area contributed by atoms with Gasteiger partial charge in [-0.2, -0.15) is 0 Å². The maximum atomic E-state index is 15.2. The van der Waals surface area contributed by atoms with Gasteiger partial charge < -0.3 is 0 Å². The second-order valence-corrected chi connectivity index (χ2v) is 27.3. The zero-order valence-electron chi connectivity index (χ0n) is 48.3. The van der Waals surface area contributed by atoms with E-state index in [-0.39, 0.29) is 113 Å². The Kier molecular flexibility index (Phi) is 16.0. The average molecular weight is 1090 g/mol. The number of hydrogen-bond donors (Lipinski definition) is 0. The fourth-order valence-corrected chi connectivity index (χ4v) is 16.5. The van der Waals surface area contributed by atoms with Crippen LogP contribution in [0.2, 0.25) is 0 Å². The number of carbonyl (C=O) groups excluding carboxylic acids is 8. The lowest BCUT2D eigenvalue weighted by Crippen LogP contribution is -2.52. The second-order valence-electron chi connectivity index (χ2n) is 27.3. The Morgan fingerprint density at radius 3 is 1.27 bits per heavy atom. The number of likely N-dealkylation sites (tertiary alicyclic amines) is 2. The molecule has 10 rings (SSSR count). The van der Waals surface area contributed by atoms with Crippen molar-refractivity contribution in [1.29, 1.82) is 0 Å². The Labute approximate surface area is 478 Å². The lowest BCUT2D eigenvalue weighted by atomic mass is 9.62. The maximum absolute atomic E-state index is 15.2. The van der Waals surface area contributed by atoms with Gasteiger partial charge in [-0.3, -0.25) is 58.0 Å². The predicted octanol–water partition coefficient (Wildman–Crippen LogP) is 11.7. The SMILES string of the molecule is CC1C(=O)N(CC2(C)CC(N3C(=O)C=CC3=O)CC(C)(C)C2)C(=O)C1CC(CC(CC(CC(c1ccccc1)C1CC(=O)N(CC2(C)CC(N3C(=O)C=CC3=O)CC(C)(C)C2)C1=O)c1ccccc1)c1ccccc1)c1ccccc1. The predicted molar refractivity (Wildman–Crippen MR) is 310 cm³/mol. The van der Waals surface area contributed by atoms with Gasteiger partial charge in [0.15, 0.2) is 0 Å². The van der Waals surface area contributed by atoms with E-state index >= 15 is 9.59 Å². The van der Waals surface area contributed by atoms with Gasteiger partial charge in [-0.15, -0.1) is 0 Å². The van der Waals surface area contributed by atoms with E-state index in [0.29, 0.717) is 51.4 Å². The van der Waals surface area contributed by atoms with Gasteiger partial charge in [0.1, 0.15) is 0 Å². The highest BCUT2D eigenvalue weighted by Crippen LogP contribution is 2.53. The van der Waals surface area contributed by atoms with Crippen LogP contribution >= 0.6 is 0 Å². The van der Waals surface area contributed by atoms with Crippen LogP contribution < -0.4 is 0 Å². The second kappa shape index (κ2) is 22.7.